The summed E-state index contributed by atoms with van der Waals surface area (Å²) in [5.41, 5.74) is 1.31. The van der Waals surface area contributed by atoms with E-state index in [0.29, 0.717) is 17.7 Å². The number of nitrogens with one attached hydrogen (secondary N) is 2. The summed E-state index contributed by atoms with van der Waals surface area (Å²) >= 11 is 0. The molecule has 2 aromatic carbocycles. The summed E-state index contributed by atoms with van der Waals surface area (Å²) in [7, 11) is -3.38. The fraction of sp³-hybridized carbons (Fsp3) is 0.480. The molecule has 1 aliphatic carbocycles. The number of aryl methyl sites for hydroxylation is 1. The monoisotopic (exact) mass is 478 g/mol. The Morgan fingerprint density at radius 3 is 2.21 bits per heavy atom. The molecule has 5 nitrogen and oxygen atoms in total. The third-order valence-corrected chi connectivity index (χ3v) is 7.00. The summed E-state index contributed by atoms with van der Waals surface area (Å²) in [4.78, 5) is 12.9. The number of carbonyl (C=O) groups is 1. The highest BCUT2D eigenvalue weighted by atomic mass is 32.2. The van der Waals surface area contributed by atoms with Gasteiger partial charge >= 0.3 is 0 Å². The molecule has 0 bridgehead atoms. The molecule has 2 N–H and O–H groups in total. The number of rotatable bonds is 6. The van der Waals surface area contributed by atoms with Crippen LogP contribution in [-0.2, 0) is 25.6 Å². The van der Waals surface area contributed by atoms with Crippen molar-refractivity contribution in [3.05, 3.63) is 64.2 Å². The Morgan fingerprint density at radius 1 is 1.15 bits per heavy atom. The fourth-order valence-electron chi connectivity index (χ4n) is 4.35. The molecular weight excluding hydrogens is 446 g/mol. The van der Waals surface area contributed by atoms with E-state index in [1.54, 1.807) is 39.8 Å². The van der Waals surface area contributed by atoms with Crippen LogP contribution in [0.15, 0.2) is 30.3 Å². The van der Waals surface area contributed by atoms with E-state index in [2.05, 4.69) is 10.0 Å². The van der Waals surface area contributed by atoms with Crippen LogP contribution in [0.5, 0.6) is 0 Å². The summed E-state index contributed by atoms with van der Waals surface area (Å²) < 4.78 is 54.8. The number of halogens is 2. The van der Waals surface area contributed by atoms with Gasteiger partial charge in [-0.2, -0.15) is 0 Å². The molecule has 3 atom stereocenters. The van der Waals surface area contributed by atoms with Gasteiger partial charge in [0, 0.05) is 16.9 Å². The first-order chi connectivity index (χ1) is 15.0. The lowest BCUT2D eigenvalue weighted by atomic mass is 9.83. The van der Waals surface area contributed by atoms with Crippen LogP contribution in [0.2, 0.25) is 0 Å². The molecule has 3 rings (SSSR count). The summed E-state index contributed by atoms with van der Waals surface area (Å²) in [6.45, 7) is 10.8. The van der Waals surface area contributed by atoms with Crippen molar-refractivity contribution in [1.29, 1.82) is 0 Å². The smallest absolute Gasteiger partial charge is 0.229 e. The van der Waals surface area contributed by atoms with Gasteiger partial charge in [0.25, 0.3) is 0 Å². The number of amides is 1. The van der Waals surface area contributed by atoms with Crippen molar-refractivity contribution in [3.8, 4) is 0 Å². The lowest BCUT2D eigenvalue weighted by molar-refractivity contribution is -0.123. The maximum atomic E-state index is 14.7. The molecule has 2 aromatic rings. The SMILES string of the molecule is Cc1cc([C@@H](C)NC(=O)[C@H]2C[C@]2(C)c2cc(F)c(C(C)(C)C)c(F)c2)ccc1NS(C)(=O)=O. The van der Waals surface area contributed by atoms with Gasteiger partial charge in [-0.05, 0) is 60.6 Å². The topological polar surface area (TPSA) is 75.3 Å². The van der Waals surface area contributed by atoms with E-state index in [-0.39, 0.29) is 23.4 Å². The minimum Gasteiger partial charge on any atom is -0.349 e. The van der Waals surface area contributed by atoms with Gasteiger partial charge in [-0.15, -0.1) is 0 Å². The van der Waals surface area contributed by atoms with E-state index in [4.69, 9.17) is 0 Å². The Balaban J connectivity index is 1.73. The van der Waals surface area contributed by atoms with Crippen molar-refractivity contribution >= 4 is 21.6 Å². The summed E-state index contributed by atoms with van der Waals surface area (Å²) in [5.74, 6) is -1.74. The largest absolute Gasteiger partial charge is 0.349 e. The van der Waals surface area contributed by atoms with Crippen LogP contribution in [0.1, 0.15) is 69.3 Å². The molecule has 180 valence electrons. The molecule has 1 aliphatic rings. The van der Waals surface area contributed by atoms with E-state index in [9.17, 15) is 22.0 Å². The zero-order valence-electron chi connectivity index (χ0n) is 20.1. The zero-order valence-corrected chi connectivity index (χ0v) is 21.0. The molecule has 33 heavy (non-hydrogen) atoms. The van der Waals surface area contributed by atoms with E-state index in [0.717, 1.165) is 17.4 Å². The highest BCUT2D eigenvalue weighted by Crippen LogP contribution is 2.54. The Labute approximate surface area is 195 Å². The van der Waals surface area contributed by atoms with E-state index in [1.807, 2.05) is 19.9 Å². The molecule has 0 aromatic heterocycles. The first-order valence-corrected chi connectivity index (χ1v) is 12.8. The average Bonchev–Trinajstić information content (AvgIpc) is 3.34. The van der Waals surface area contributed by atoms with Crippen molar-refractivity contribution in [2.24, 2.45) is 5.92 Å². The lowest BCUT2D eigenvalue weighted by Gasteiger charge is -2.23. The molecule has 0 radical (unpaired) electrons. The number of anilines is 1. The molecule has 0 aliphatic heterocycles. The van der Waals surface area contributed by atoms with E-state index < -0.39 is 32.5 Å². The van der Waals surface area contributed by atoms with Gasteiger partial charge in [0.2, 0.25) is 15.9 Å². The van der Waals surface area contributed by atoms with Gasteiger partial charge in [-0.3, -0.25) is 9.52 Å². The van der Waals surface area contributed by atoms with Crippen molar-refractivity contribution in [1.82, 2.24) is 5.32 Å². The molecule has 1 fully saturated rings. The Kier molecular flexibility index (Phi) is 6.39. The van der Waals surface area contributed by atoms with Crippen LogP contribution in [-0.4, -0.2) is 20.6 Å². The van der Waals surface area contributed by atoms with Crippen LogP contribution in [0, 0.1) is 24.5 Å². The maximum absolute atomic E-state index is 14.7. The van der Waals surface area contributed by atoms with E-state index >= 15 is 0 Å². The van der Waals surface area contributed by atoms with E-state index in [1.165, 1.54) is 12.1 Å². The van der Waals surface area contributed by atoms with Crippen LogP contribution in [0.3, 0.4) is 0 Å². The van der Waals surface area contributed by atoms with Crippen LogP contribution < -0.4 is 10.0 Å². The number of benzene rings is 2. The van der Waals surface area contributed by atoms with Gasteiger partial charge in [0.05, 0.1) is 18.0 Å². The second kappa shape index (κ2) is 8.38. The second-order valence-electron chi connectivity index (χ2n) is 10.4. The number of carbonyl (C=O) groups excluding carboxylic acids is 1. The highest BCUT2D eigenvalue weighted by Gasteiger charge is 2.56. The standard InChI is InChI=1S/C25H32F2N2O3S/c1-14-10-16(8-9-21(14)29-33(7,31)32)15(2)28-23(30)18-13-25(18,6)17-11-19(26)22(20(27)12-17)24(3,4)5/h8-12,15,18,29H,13H2,1-7H3,(H,28,30)/t15-,18-,25-/m1/s1. The fourth-order valence-corrected chi connectivity index (χ4v) is 4.98. The molecule has 0 saturated heterocycles. The summed E-state index contributed by atoms with van der Waals surface area (Å²) in [6, 6.07) is 7.64. The third kappa shape index (κ3) is 5.37. The quantitative estimate of drug-likeness (QED) is 0.607. The Hall–Kier alpha value is -2.48. The maximum Gasteiger partial charge on any atom is 0.229 e. The third-order valence-electron chi connectivity index (χ3n) is 6.41. The van der Waals surface area contributed by atoms with Gasteiger partial charge in [-0.25, -0.2) is 17.2 Å². The molecule has 1 amide bonds. The zero-order chi connectivity index (χ0) is 24.9. The molecule has 8 heteroatoms. The predicted molar refractivity (Wildman–Crippen MR) is 127 cm³/mol. The molecule has 0 heterocycles. The Morgan fingerprint density at radius 2 is 1.73 bits per heavy atom. The van der Waals surface area contributed by atoms with Crippen molar-refractivity contribution in [2.75, 3.05) is 11.0 Å². The van der Waals surface area contributed by atoms with Gasteiger partial charge < -0.3 is 5.32 Å². The average molecular weight is 479 g/mol. The van der Waals surface area contributed by atoms with Gasteiger partial charge in [0.15, 0.2) is 0 Å². The molecule has 0 unspecified atom stereocenters. The van der Waals surface area contributed by atoms with Gasteiger partial charge in [-0.1, -0.05) is 39.8 Å². The highest BCUT2D eigenvalue weighted by molar-refractivity contribution is 7.92. The normalized spacial score (nSPS) is 21.4. The number of sulfonamides is 1. The molecule has 0 spiro atoms. The molecule has 1 saturated carbocycles. The summed E-state index contributed by atoms with van der Waals surface area (Å²) in [6.07, 6.45) is 1.60. The van der Waals surface area contributed by atoms with Crippen molar-refractivity contribution in [2.45, 2.75) is 64.8 Å². The van der Waals surface area contributed by atoms with Crippen LogP contribution in [0.4, 0.5) is 14.5 Å². The van der Waals surface area contributed by atoms with Crippen LogP contribution in [0.25, 0.3) is 0 Å². The lowest BCUT2D eigenvalue weighted by Crippen LogP contribution is -2.30. The Bertz CT molecular complexity index is 1180. The van der Waals surface area contributed by atoms with Crippen LogP contribution >= 0.6 is 0 Å². The van der Waals surface area contributed by atoms with Crippen molar-refractivity contribution in [3.63, 3.8) is 0 Å². The minimum absolute atomic E-state index is 0.0503. The first-order valence-electron chi connectivity index (χ1n) is 10.9. The predicted octanol–water partition coefficient (Wildman–Crippen LogP) is 5.10. The summed E-state index contributed by atoms with van der Waals surface area (Å²) in [5, 5.41) is 2.98. The first kappa shape index (κ1) is 25.1. The second-order valence-corrected chi connectivity index (χ2v) is 12.2. The van der Waals surface area contributed by atoms with Crippen molar-refractivity contribution < 1.29 is 22.0 Å². The van der Waals surface area contributed by atoms with Gasteiger partial charge in [0.1, 0.15) is 11.6 Å². The number of hydrogen-bond acceptors (Lipinski definition) is 3. The number of hydrogen-bond donors (Lipinski definition) is 2. The minimum atomic E-state index is -3.38. The molecular formula is C25H32F2N2O3S.